The Balaban J connectivity index is 2.93. The third kappa shape index (κ3) is 3.35. The van der Waals surface area contributed by atoms with Crippen molar-refractivity contribution in [3.05, 3.63) is 23.8 Å². The Hall–Kier alpha value is -1.79. The summed E-state index contributed by atoms with van der Waals surface area (Å²) in [6.07, 6.45) is 0. The molecule has 1 amide bonds. The number of rotatable bonds is 6. The number of anilines is 1. The molecule has 0 aromatic heterocycles. The highest BCUT2D eigenvalue weighted by Gasteiger charge is 2.16. The zero-order valence-corrected chi connectivity index (χ0v) is 10.3. The number of methoxy groups -OCH3 is 1. The summed E-state index contributed by atoms with van der Waals surface area (Å²) in [4.78, 5) is 13.5. The van der Waals surface area contributed by atoms with Crippen molar-refractivity contribution in [3.8, 4) is 5.75 Å². The van der Waals surface area contributed by atoms with Crippen molar-refractivity contribution < 1.29 is 19.7 Å². The van der Waals surface area contributed by atoms with Crippen molar-refractivity contribution in [2.45, 2.75) is 0 Å². The average Bonchev–Trinajstić information content (AvgIpc) is 2.38. The third-order valence-corrected chi connectivity index (χ3v) is 2.51. The number of hydrogen-bond donors (Lipinski definition) is 3. The molecule has 0 aliphatic heterocycles. The number of ether oxygens (including phenoxy) is 1. The van der Waals surface area contributed by atoms with E-state index in [1.165, 1.54) is 12.0 Å². The molecule has 0 saturated heterocycles. The Kier molecular flexibility index (Phi) is 5.41. The van der Waals surface area contributed by atoms with E-state index in [0.717, 1.165) is 0 Å². The number of hydrogen-bond acceptors (Lipinski definition) is 5. The molecule has 1 rings (SSSR count). The van der Waals surface area contributed by atoms with Gasteiger partial charge in [-0.15, -0.1) is 0 Å². The largest absolute Gasteiger partial charge is 0.495 e. The summed E-state index contributed by atoms with van der Waals surface area (Å²) in [5.41, 5.74) is 6.52. The predicted molar refractivity (Wildman–Crippen MR) is 67.5 cm³/mol. The minimum absolute atomic E-state index is 0.155. The average molecular weight is 254 g/mol. The maximum absolute atomic E-state index is 12.1. The van der Waals surface area contributed by atoms with Gasteiger partial charge in [0.2, 0.25) is 0 Å². The van der Waals surface area contributed by atoms with Gasteiger partial charge in [-0.1, -0.05) is 0 Å². The lowest BCUT2D eigenvalue weighted by Gasteiger charge is -2.21. The van der Waals surface area contributed by atoms with Crippen LogP contribution in [0, 0.1) is 0 Å². The molecule has 0 bridgehead atoms. The van der Waals surface area contributed by atoms with Crippen LogP contribution in [0.3, 0.4) is 0 Å². The Labute approximate surface area is 106 Å². The van der Waals surface area contributed by atoms with Gasteiger partial charge in [0, 0.05) is 18.7 Å². The lowest BCUT2D eigenvalue weighted by Crippen LogP contribution is -2.35. The molecule has 0 unspecified atom stereocenters. The van der Waals surface area contributed by atoms with Crippen molar-refractivity contribution in [3.63, 3.8) is 0 Å². The molecule has 0 radical (unpaired) electrons. The number of nitrogens with two attached hydrogens (primary N) is 1. The summed E-state index contributed by atoms with van der Waals surface area (Å²) in [7, 11) is 1.47. The molecule has 0 aliphatic rings. The van der Waals surface area contributed by atoms with Crippen LogP contribution in [0.4, 0.5) is 5.69 Å². The monoisotopic (exact) mass is 254 g/mol. The Morgan fingerprint density at radius 2 is 1.94 bits per heavy atom. The summed E-state index contributed by atoms with van der Waals surface area (Å²) in [6.45, 7) is 0.0356. The Bertz CT molecular complexity index is 403. The maximum Gasteiger partial charge on any atom is 0.254 e. The van der Waals surface area contributed by atoms with Crippen LogP contribution in [0.5, 0.6) is 5.75 Å². The number of nitrogen functional groups attached to an aromatic ring is 1. The SMILES string of the molecule is COc1cc(C(=O)N(CCO)CCO)ccc1N. The topological polar surface area (TPSA) is 96.0 Å². The summed E-state index contributed by atoms with van der Waals surface area (Å²) in [5, 5.41) is 17.8. The Morgan fingerprint density at radius 3 is 2.44 bits per heavy atom. The van der Waals surface area contributed by atoms with Crippen LogP contribution < -0.4 is 10.5 Å². The second-order valence-corrected chi connectivity index (χ2v) is 3.70. The van der Waals surface area contributed by atoms with Gasteiger partial charge in [0.1, 0.15) is 5.75 Å². The van der Waals surface area contributed by atoms with Crippen LogP contribution >= 0.6 is 0 Å². The molecule has 1 aromatic carbocycles. The maximum atomic E-state index is 12.1. The van der Waals surface area contributed by atoms with Gasteiger partial charge in [-0.2, -0.15) is 0 Å². The highest BCUT2D eigenvalue weighted by atomic mass is 16.5. The molecule has 0 spiro atoms. The van der Waals surface area contributed by atoms with Crippen LogP contribution in [-0.2, 0) is 0 Å². The predicted octanol–water partition coefficient (Wildman–Crippen LogP) is -0.296. The van der Waals surface area contributed by atoms with E-state index in [1.807, 2.05) is 0 Å². The van der Waals surface area contributed by atoms with Gasteiger partial charge < -0.3 is 25.6 Å². The van der Waals surface area contributed by atoms with E-state index in [4.69, 9.17) is 20.7 Å². The summed E-state index contributed by atoms with van der Waals surface area (Å²) in [6, 6.07) is 4.71. The molecule has 0 fully saturated rings. The molecule has 6 nitrogen and oxygen atoms in total. The first-order valence-corrected chi connectivity index (χ1v) is 5.58. The number of aliphatic hydroxyl groups excluding tert-OH is 2. The van der Waals surface area contributed by atoms with Gasteiger partial charge in [0.05, 0.1) is 26.0 Å². The fourth-order valence-electron chi connectivity index (χ4n) is 1.58. The van der Waals surface area contributed by atoms with Crippen LogP contribution in [0.1, 0.15) is 10.4 Å². The number of amides is 1. The molecule has 6 heteroatoms. The lowest BCUT2D eigenvalue weighted by atomic mass is 10.1. The lowest BCUT2D eigenvalue weighted by molar-refractivity contribution is 0.0684. The van der Waals surface area contributed by atoms with Crippen molar-refractivity contribution in [2.75, 3.05) is 39.1 Å². The van der Waals surface area contributed by atoms with E-state index in [1.54, 1.807) is 18.2 Å². The van der Waals surface area contributed by atoms with Crippen molar-refractivity contribution in [1.82, 2.24) is 4.90 Å². The van der Waals surface area contributed by atoms with E-state index < -0.39 is 0 Å². The first kappa shape index (κ1) is 14.3. The van der Waals surface area contributed by atoms with Crippen molar-refractivity contribution >= 4 is 11.6 Å². The molecule has 18 heavy (non-hydrogen) atoms. The summed E-state index contributed by atoms with van der Waals surface area (Å²) < 4.78 is 5.04. The molecule has 0 saturated carbocycles. The second-order valence-electron chi connectivity index (χ2n) is 3.70. The van der Waals surface area contributed by atoms with Crippen LogP contribution in [-0.4, -0.2) is 54.4 Å². The molecule has 0 aliphatic carbocycles. The smallest absolute Gasteiger partial charge is 0.254 e. The number of benzene rings is 1. The van der Waals surface area contributed by atoms with Crippen LogP contribution in [0.15, 0.2) is 18.2 Å². The van der Waals surface area contributed by atoms with Gasteiger partial charge in [-0.05, 0) is 18.2 Å². The van der Waals surface area contributed by atoms with Crippen molar-refractivity contribution in [2.24, 2.45) is 0 Å². The number of aliphatic hydroxyl groups is 2. The minimum Gasteiger partial charge on any atom is -0.495 e. The zero-order valence-electron chi connectivity index (χ0n) is 10.3. The van der Waals surface area contributed by atoms with E-state index in [9.17, 15) is 4.79 Å². The van der Waals surface area contributed by atoms with Crippen LogP contribution in [0.2, 0.25) is 0 Å². The second kappa shape index (κ2) is 6.83. The van der Waals surface area contributed by atoms with Crippen molar-refractivity contribution in [1.29, 1.82) is 0 Å². The van der Waals surface area contributed by atoms with Crippen LogP contribution in [0.25, 0.3) is 0 Å². The molecular formula is C12H18N2O4. The highest BCUT2D eigenvalue weighted by Crippen LogP contribution is 2.22. The third-order valence-electron chi connectivity index (χ3n) is 2.51. The zero-order chi connectivity index (χ0) is 13.5. The van der Waals surface area contributed by atoms with E-state index in [-0.39, 0.29) is 32.2 Å². The first-order chi connectivity index (χ1) is 8.63. The molecule has 100 valence electrons. The summed E-state index contributed by atoms with van der Waals surface area (Å²) in [5.74, 6) is 0.144. The van der Waals surface area contributed by atoms with E-state index >= 15 is 0 Å². The summed E-state index contributed by atoms with van der Waals surface area (Å²) >= 11 is 0. The fraction of sp³-hybridized carbons (Fsp3) is 0.417. The first-order valence-electron chi connectivity index (χ1n) is 5.58. The van der Waals surface area contributed by atoms with E-state index in [0.29, 0.717) is 17.0 Å². The van der Waals surface area contributed by atoms with Gasteiger partial charge >= 0.3 is 0 Å². The van der Waals surface area contributed by atoms with Gasteiger partial charge in [-0.25, -0.2) is 0 Å². The van der Waals surface area contributed by atoms with Gasteiger partial charge in [-0.3, -0.25) is 4.79 Å². The van der Waals surface area contributed by atoms with E-state index in [2.05, 4.69) is 0 Å². The number of nitrogens with zero attached hydrogens (tertiary/aromatic N) is 1. The quantitative estimate of drug-likeness (QED) is 0.606. The standard InChI is InChI=1S/C12H18N2O4/c1-18-11-8-9(2-3-10(11)13)12(17)14(4-6-15)5-7-16/h2-3,8,15-16H,4-7,13H2,1H3. The van der Waals surface area contributed by atoms with Gasteiger partial charge in [0.15, 0.2) is 0 Å². The normalized spacial score (nSPS) is 10.2. The highest BCUT2D eigenvalue weighted by molar-refractivity contribution is 5.95. The number of carbonyl (C=O) groups excluding carboxylic acids is 1. The molecular weight excluding hydrogens is 236 g/mol. The molecule has 1 aromatic rings. The van der Waals surface area contributed by atoms with Gasteiger partial charge in [0.25, 0.3) is 5.91 Å². The molecule has 4 N–H and O–H groups in total. The molecule has 0 heterocycles. The fourth-order valence-corrected chi connectivity index (χ4v) is 1.58. The molecule has 0 atom stereocenters. The minimum atomic E-state index is -0.281. The Morgan fingerprint density at radius 1 is 1.33 bits per heavy atom. The number of carbonyl (C=O) groups is 1.